The monoisotopic (exact) mass is 424 g/mol. The molecule has 5 heterocycles. The van der Waals surface area contributed by atoms with Gasteiger partial charge in [-0.1, -0.05) is 6.92 Å². The van der Waals surface area contributed by atoms with E-state index in [-0.39, 0.29) is 0 Å². The molecule has 0 bridgehead atoms. The van der Waals surface area contributed by atoms with Gasteiger partial charge in [0, 0.05) is 62.9 Å². The molecule has 0 saturated carbocycles. The van der Waals surface area contributed by atoms with Crippen LogP contribution in [0.5, 0.6) is 0 Å². The van der Waals surface area contributed by atoms with E-state index < -0.39 is 0 Å². The highest BCUT2D eigenvalue weighted by molar-refractivity contribution is 5.94. The van der Waals surface area contributed by atoms with E-state index in [0.29, 0.717) is 35.7 Å². The van der Waals surface area contributed by atoms with Crippen LogP contribution >= 0.6 is 0 Å². The van der Waals surface area contributed by atoms with Gasteiger partial charge < -0.3 is 26.1 Å². The number of likely N-dealkylation sites (tertiary alicyclic amines) is 1. The zero-order chi connectivity index (χ0) is 21.4. The lowest BCUT2D eigenvalue weighted by Crippen LogP contribution is -2.50. The van der Waals surface area contributed by atoms with E-state index in [0.717, 1.165) is 80.9 Å². The molecule has 2 fully saturated rings. The van der Waals surface area contributed by atoms with Crippen molar-refractivity contribution < 1.29 is 4.74 Å². The Morgan fingerprint density at radius 3 is 2.55 bits per heavy atom. The second kappa shape index (κ2) is 8.57. The number of nitrogens with zero attached hydrogens (tertiary/aromatic N) is 5. The fourth-order valence-electron chi connectivity index (χ4n) is 5.02. The first kappa shape index (κ1) is 20.4. The number of nitrogen functional groups attached to an aromatic ring is 2. The minimum absolute atomic E-state index is 0.393. The second-order valence-corrected chi connectivity index (χ2v) is 8.67. The third-order valence-electron chi connectivity index (χ3n) is 6.86. The largest absolute Gasteiger partial charge is 0.382 e. The summed E-state index contributed by atoms with van der Waals surface area (Å²) in [5.41, 5.74) is 20.0. The van der Waals surface area contributed by atoms with Crippen molar-refractivity contribution in [2.24, 2.45) is 0 Å². The van der Waals surface area contributed by atoms with Crippen LogP contribution in [0.3, 0.4) is 0 Å². The average molecular weight is 425 g/mol. The predicted molar refractivity (Wildman–Crippen MR) is 122 cm³/mol. The molecule has 3 aliphatic rings. The molecule has 2 aromatic rings. The highest BCUT2D eigenvalue weighted by Gasteiger charge is 2.30. The van der Waals surface area contributed by atoms with Gasteiger partial charge >= 0.3 is 0 Å². The molecule has 0 unspecified atom stereocenters. The van der Waals surface area contributed by atoms with Crippen molar-refractivity contribution in [2.45, 2.75) is 51.1 Å². The van der Waals surface area contributed by atoms with Crippen molar-refractivity contribution in [1.82, 2.24) is 30.3 Å². The zero-order valence-corrected chi connectivity index (χ0v) is 18.2. The predicted octanol–water partition coefficient (Wildman–Crippen LogP) is 1.56. The summed E-state index contributed by atoms with van der Waals surface area (Å²) in [4.78, 5) is 16.3. The molecule has 0 aliphatic carbocycles. The van der Waals surface area contributed by atoms with Gasteiger partial charge in [-0.15, -0.1) is 0 Å². The molecule has 0 atom stereocenters. The number of ether oxygens (including phenoxy) is 1. The number of fused-ring (bicyclic) bond motifs is 1. The van der Waals surface area contributed by atoms with E-state index in [4.69, 9.17) is 16.2 Å². The maximum atomic E-state index is 6.14. The Hall–Kier alpha value is -2.49. The summed E-state index contributed by atoms with van der Waals surface area (Å²) >= 11 is 0. The van der Waals surface area contributed by atoms with Crippen molar-refractivity contribution in [2.75, 3.05) is 44.3 Å². The first-order valence-electron chi connectivity index (χ1n) is 11.4. The highest BCUT2D eigenvalue weighted by atomic mass is 16.5. The van der Waals surface area contributed by atoms with Gasteiger partial charge in [0.05, 0.1) is 5.69 Å². The van der Waals surface area contributed by atoms with Crippen LogP contribution < -0.4 is 16.9 Å². The summed E-state index contributed by atoms with van der Waals surface area (Å²) in [6.07, 6.45) is 9.34. The number of nitrogens with two attached hydrogens (primary N) is 2. The molecule has 0 amide bonds. The Bertz CT molecular complexity index is 979. The third-order valence-corrected chi connectivity index (χ3v) is 6.86. The minimum atomic E-state index is 0.393. The van der Waals surface area contributed by atoms with Crippen LogP contribution in [0.15, 0.2) is 12.4 Å². The first-order valence-corrected chi connectivity index (χ1v) is 11.4. The Morgan fingerprint density at radius 1 is 1.03 bits per heavy atom. The molecule has 2 saturated heterocycles. The molecule has 9 nitrogen and oxygen atoms in total. The van der Waals surface area contributed by atoms with Crippen LogP contribution in [0, 0.1) is 0 Å². The van der Waals surface area contributed by atoms with E-state index in [9.17, 15) is 0 Å². The minimum Gasteiger partial charge on any atom is -0.382 e. The van der Waals surface area contributed by atoms with Gasteiger partial charge in [0.15, 0.2) is 5.82 Å². The molecular weight excluding hydrogens is 392 g/mol. The fourth-order valence-corrected chi connectivity index (χ4v) is 5.02. The Balaban J connectivity index is 1.33. The van der Waals surface area contributed by atoms with Crippen LogP contribution in [-0.4, -0.2) is 69.8 Å². The van der Waals surface area contributed by atoms with Crippen molar-refractivity contribution in [3.8, 4) is 0 Å². The molecule has 3 aliphatic heterocycles. The lowest BCUT2D eigenvalue weighted by atomic mass is 9.99. The maximum Gasteiger partial charge on any atom is 0.151 e. The van der Waals surface area contributed by atoms with Crippen molar-refractivity contribution >= 4 is 28.2 Å². The number of hydrazine groups is 1. The van der Waals surface area contributed by atoms with Crippen LogP contribution in [0.1, 0.15) is 43.9 Å². The average Bonchev–Trinajstić information content (AvgIpc) is 3.30. The van der Waals surface area contributed by atoms with E-state index in [2.05, 4.69) is 36.5 Å². The van der Waals surface area contributed by atoms with Gasteiger partial charge in [-0.25, -0.2) is 20.4 Å². The normalized spacial score (nSPS) is 21.7. The van der Waals surface area contributed by atoms with Crippen LogP contribution in [-0.2, 0) is 11.2 Å². The van der Waals surface area contributed by atoms with Crippen LogP contribution in [0.2, 0.25) is 0 Å². The number of anilines is 2. The number of hydrogen-bond donors (Lipinski definition) is 3. The van der Waals surface area contributed by atoms with E-state index >= 15 is 0 Å². The van der Waals surface area contributed by atoms with Crippen LogP contribution in [0.25, 0.3) is 16.6 Å². The number of nitrogens with one attached hydrogen (secondary N) is 1. The smallest absolute Gasteiger partial charge is 0.151 e. The number of rotatable bonds is 4. The lowest BCUT2D eigenvalue weighted by Gasteiger charge is -2.41. The Kier molecular flexibility index (Phi) is 5.64. The lowest BCUT2D eigenvalue weighted by molar-refractivity contribution is 0.0148. The molecule has 166 valence electrons. The van der Waals surface area contributed by atoms with Crippen molar-refractivity contribution in [3.63, 3.8) is 0 Å². The fraction of sp³-hybridized carbons (Fsp3) is 0.591. The second-order valence-electron chi connectivity index (χ2n) is 8.67. The third kappa shape index (κ3) is 3.93. The Morgan fingerprint density at radius 2 is 1.81 bits per heavy atom. The molecule has 9 heteroatoms. The number of aromatic nitrogens is 3. The van der Waals surface area contributed by atoms with E-state index in [1.807, 2.05) is 6.92 Å². The van der Waals surface area contributed by atoms with Gasteiger partial charge in [0.1, 0.15) is 16.9 Å². The van der Waals surface area contributed by atoms with E-state index in [1.54, 1.807) is 6.20 Å². The van der Waals surface area contributed by atoms with Gasteiger partial charge in [0.25, 0.3) is 0 Å². The van der Waals surface area contributed by atoms with Gasteiger partial charge in [-0.3, -0.25) is 0 Å². The number of hydrogen-bond acceptors (Lipinski definition) is 9. The SMILES string of the molecule is CCc1nc2c(N)ncc(C3=CN(C4CCN(C5CCOCC5)CC4)NC3)c2nc1N. The van der Waals surface area contributed by atoms with Gasteiger partial charge in [-0.2, -0.15) is 0 Å². The summed E-state index contributed by atoms with van der Waals surface area (Å²) in [7, 11) is 0. The summed E-state index contributed by atoms with van der Waals surface area (Å²) in [6, 6.07) is 1.18. The molecule has 5 rings (SSSR count). The molecule has 5 N–H and O–H groups in total. The first-order chi connectivity index (χ1) is 15.1. The zero-order valence-electron chi connectivity index (χ0n) is 18.2. The van der Waals surface area contributed by atoms with Gasteiger partial charge in [-0.05, 0) is 37.7 Å². The van der Waals surface area contributed by atoms with Crippen LogP contribution in [0.4, 0.5) is 11.6 Å². The van der Waals surface area contributed by atoms with Gasteiger partial charge in [0.2, 0.25) is 0 Å². The number of aryl methyl sites for hydroxylation is 1. The van der Waals surface area contributed by atoms with Crippen molar-refractivity contribution in [3.05, 3.63) is 23.7 Å². The number of pyridine rings is 1. The quantitative estimate of drug-likeness (QED) is 0.672. The summed E-state index contributed by atoms with van der Waals surface area (Å²) in [6.45, 7) is 6.84. The van der Waals surface area contributed by atoms with E-state index in [1.165, 1.54) is 0 Å². The van der Waals surface area contributed by atoms with Crippen molar-refractivity contribution in [1.29, 1.82) is 0 Å². The molecule has 0 aromatic carbocycles. The molecule has 0 spiro atoms. The molecule has 31 heavy (non-hydrogen) atoms. The molecule has 0 radical (unpaired) electrons. The summed E-state index contributed by atoms with van der Waals surface area (Å²) < 4.78 is 5.52. The molecule has 2 aromatic heterocycles. The topological polar surface area (TPSA) is 118 Å². The standard InChI is InChI=1S/C22H32N8O/c1-2-18-21(23)28-19-17(12-25-22(24)20(19)27-18)14-11-26-30(13-14)16-3-7-29(8-4-16)15-5-9-31-10-6-15/h12-13,15-16,26H,2-11H2,1H3,(H2,23,28)(H2,24,25). The summed E-state index contributed by atoms with van der Waals surface area (Å²) in [5.74, 6) is 0.857. The number of piperidine rings is 1. The molecular formula is C22H32N8O. The Labute approximate surface area is 182 Å². The highest BCUT2D eigenvalue weighted by Crippen LogP contribution is 2.30. The summed E-state index contributed by atoms with van der Waals surface area (Å²) in [5, 5.41) is 2.27. The maximum absolute atomic E-state index is 6.14.